The van der Waals surface area contributed by atoms with Crippen LogP contribution in [0.25, 0.3) is 0 Å². The summed E-state index contributed by atoms with van der Waals surface area (Å²) in [6.45, 7) is 4.24. The number of esters is 1. The van der Waals surface area contributed by atoms with Crippen molar-refractivity contribution in [3.05, 3.63) is 29.8 Å². The van der Waals surface area contributed by atoms with Gasteiger partial charge in [-0.15, -0.1) is 0 Å². The number of carbonyl (C=O) groups excluding carboxylic acids is 1. The van der Waals surface area contributed by atoms with E-state index in [0.717, 1.165) is 31.4 Å². The summed E-state index contributed by atoms with van der Waals surface area (Å²) in [5.41, 5.74) is 1.67. The van der Waals surface area contributed by atoms with Crippen molar-refractivity contribution in [2.75, 3.05) is 12.4 Å². The molecule has 1 aromatic carbocycles. The van der Waals surface area contributed by atoms with Crippen LogP contribution in [0, 0.1) is 12.8 Å². The number of carbonyl (C=O) groups is 1. The Bertz CT molecular complexity index is 441. The molecule has 1 aliphatic carbocycles. The van der Waals surface area contributed by atoms with Crippen LogP contribution in [-0.4, -0.2) is 18.6 Å². The SMILES string of the molecule is CCC1CCC(Nc2ccc(C)cc2)(C(=O)OC)C1. The molecular formula is C16H23NO2. The zero-order valence-electron chi connectivity index (χ0n) is 12.0. The normalized spacial score (nSPS) is 26.2. The van der Waals surface area contributed by atoms with Crippen LogP contribution in [-0.2, 0) is 9.53 Å². The Morgan fingerprint density at radius 3 is 2.63 bits per heavy atom. The molecule has 1 fully saturated rings. The molecule has 0 spiro atoms. The van der Waals surface area contributed by atoms with Crippen molar-refractivity contribution in [3.8, 4) is 0 Å². The molecule has 19 heavy (non-hydrogen) atoms. The van der Waals surface area contributed by atoms with Crippen molar-refractivity contribution in [2.24, 2.45) is 5.92 Å². The molecule has 1 N–H and O–H groups in total. The summed E-state index contributed by atoms with van der Waals surface area (Å²) < 4.78 is 5.02. The van der Waals surface area contributed by atoms with Crippen LogP contribution >= 0.6 is 0 Å². The van der Waals surface area contributed by atoms with Gasteiger partial charge < -0.3 is 10.1 Å². The highest BCUT2D eigenvalue weighted by molar-refractivity contribution is 5.85. The summed E-state index contributed by atoms with van der Waals surface area (Å²) in [6, 6.07) is 8.16. The van der Waals surface area contributed by atoms with E-state index in [1.807, 2.05) is 12.1 Å². The number of hydrogen-bond acceptors (Lipinski definition) is 3. The lowest BCUT2D eigenvalue weighted by molar-refractivity contribution is -0.145. The number of ether oxygens (including phenoxy) is 1. The average molecular weight is 261 g/mol. The summed E-state index contributed by atoms with van der Waals surface area (Å²) in [5.74, 6) is 0.473. The van der Waals surface area contributed by atoms with Crippen molar-refractivity contribution < 1.29 is 9.53 Å². The highest BCUT2D eigenvalue weighted by Crippen LogP contribution is 2.39. The van der Waals surface area contributed by atoms with Crippen LogP contribution < -0.4 is 5.32 Å². The lowest BCUT2D eigenvalue weighted by Gasteiger charge is -2.29. The molecule has 0 amide bonds. The molecule has 0 bridgehead atoms. The van der Waals surface area contributed by atoms with Crippen LogP contribution in [0.4, 0.5) is 5.69 Å². The van der Waals surface area contributed by atoms with Gasteiger partial charge in [0.15, 0.2) is 0 Å². The Labute approximate surface area is 115 Å². The molecule has 1 aliphatic rings. The first-order valence-electron chi connectivity index (χ1n) is 7.03. The third kappa shape index (κ3) is 2.91. The summed E-state index contributed by atoms with van der Waals surface area (Å²) in [5, 5.41) is 3.42. The maximum absolute atomic E-state index is 12.2. The second kappa shape index (κ2) is 5.64. The van der Waals surface area contributed by atoms with Gasteiger partial charge in [-0.1, -0.05) is 31.0 Å². The van der Waals surface area contributed by atoms with E-state index in [1.54, 1.807) is 0 Å². The van der Waals surface area contributed by atoms with E-state index in [1.165, 1.54) is 12.7 Å². The Balaban J connectivity index is 2.19. The minimum atomic E-state index is -0.537. The van der Waals surface area contributed by atoms with Gasteiger partial charge in [-0.3, -0.25) is 0 Å². The standard InChI is InChI=1S/C16H23NO2/c1-4-13-9-10-16(11-13,15(18)19-3)17-14-7-5-12(2)6-8-14/h5-8,13,17H,4,9-11H2,1-3H3. The number of hydrogen-bond donors (Lipinski definition) is 1. The fourth-order valence-corrected chi connectivity index (χ4v) is 2.95. The highest BCUT2D eigenvalue weighted by atomic mass is 16.5. The number of benzene rings is 1. The van der Waals surface area contributed by atoms with Crippen molar-refractivity contribution in [2.45, 2.75) is 45.1 Å². The molecular weight excluding hydrogens is 238 g/mol. The van der Waals surface area contributed by atoms with Crippen molar-refractivity contribution in [1.82, 2.24) is 0 Å². The molecule has 104 valence electrons. The summed E-state index contributed by atoms with van der Waals surface area (Å²) in [6.07, 6.45) is 3.93. The maximum Gasteiger partial charge on any atom is 0.331 e. The van der Waals surface area contributed by atoms with Crippen LogP contribution in [0.1, 0.15) is 38.2 Å². The van der Waals surface area contributed by atoms with Gasteiger partial charge in [0.1, 0.15) is 5.54 Å². The van der Waals surface area contributed by atoms with E-state index in [0.29, 0.717) is 5.92 Å². The van der Waals surface area contributed by atoms with Gasteiger partial charge in [0.2, 0.25) is 0 Å². The van der Waals surface area contributed by atoms with Crippen molar-refractivity contribution >= 4 is 11.7 Å². The smallest absolute Gasteiger partial charge is 0.331 e. The maximum atomic E-state index is 12.2. The zero-order valence-corrected chi connectivity index (χ0v) is 12.0. The molecule has 2 unspecified atom stereocenters. The van der Waals surface area contributed by atoms with E-state index >= 15 is 0 Å². The minimum Gasteiger partial charge on any atom is -0.467 e. The molecule has 2 atom stereocenters. The third-order valence-electron chi connectivity index (χ3n) is 4.21. The van der Waals surface area contributed by atoms with Crippen LogP contribution in [0.2, 0.25) is 0 Å². The Morgan fingerprint density at radius 2 is 2.11 bits per heavy atom. The molecule has 2 rings (SSSR count). The fourth-order valence-electron chi connectivity index (χ4n) is 2.95. The largest absolute Gasteiger partial charge is 0.467 e. The van der Waals surface area contributed by atoms with Gasteiger partial charge in [-0.25, -0.2) is 4.79 Å². The molecule has 1 aromatic rings. The third-order valence-corrected chi connectivity index (χ3v) is 4.21. The molecule has 0 saturated heterocycles. The molecule has 3 heteroatoms. The summed E-state index contributed by atoms with van der Waals surface area (Å²) in [4.78, 5) is 12.2. The first-order valence-corrected chi connectivity index (χ1v) is 7.03. The second-order valence-corrected chi connectivity index (χ2v) is 5.58. The summed E-state index contributed by atoms with van der Waals surface area (Å²) >= 11 is 0. The number of methoxy groups -OCH3 is 1. The van der Waals surface area contributed by atoms with Gasteiger partial charge in [0, 0.05) is 5.69 Å². The number of nitrogens with one attached hydrogen (secondary N) is 1. The highest BCUT2D eigenvalue weighted by Gasteiger charge is 2.45. The van der Waals surface area contributed by atoms with Crippen molar-refractivity contribution in [3.63, 3.8) is 0 Å². The van der Waals surface area contributed by atoms with E-state index in [9.17, 15) is 4.79 Å². The van der Waals surface area contributed by atoms with Gasteiger partial charge in [-0.2, -0.15) is 0 Å². The van der Waals surface area contributed by atoms with Gasteiger partial charge in [0.25, 0.3) is 0 Å². The number of rotatable bonds is 4. The Kier molecular flexibility index (Phi) is 4.13. The average Bonchev–Trinajstić information content (AvgIpc) is 2.85. The van der Waals surface area contributed by atoms with E-state index in [-0.39, 0.29) is 5.97 Å². The molecule has 3 nitrogen and oxygen atoms in total. The van der Waals surface area contributed by atoms with Crippen LogP contribution in [0.3, 0.4) is 0 Å². The number of aryl methyl sites for hydroxylation is 1. The first-order chi connectivity index (χ1) is 9.09. The molecule has 0 radical (unpaired) electrons. The van der Waals surface area contributed by atoms with E-state index in [4.69, 9.17) is 4.74 Å². The van der Waals surface area contributed by atoms with Gasteiger partial charge >= 0.3 is 5.97 Å². The quantitative estimate of drug-likeness (QED) is 0.843. The monoisotopic (exact) mass is 261 g/mol. The van der Waals surface area contributed by atoms with Crippen molar-refractivity contribution in [1.29, 1.82) is 0 Å². The zero-order chi connectivity index (χ0) is 13.9. The van der Waals surface area contributed by atoms with Crippen LogP contribution in [0.15, 0.2) is 24.3 Å². The number of anilines is 1. The predicted octanol–water partition coefficient (Wildman–Crippen LogP) is 3.53. The Hall–Kier alpha value is -1.51. The predicted molar refractivity (Wildman–Crippen MR) is 77.2 cm³/mol. The minimum absolute atomic E-state index is 0.135. The van der Waals surface area contributed by atoms with Gasteiger partial charge in [-0.05, 0) is 44.2 Å². The molecule has 0 heterocycles. The Morgan fingerprint density at radius 1 is 1.42 bits per heavy atom. The summed E-state index contributed by atoms with van der Waals surface area (Å²) in [7, 11) is 1.47. The van der Waals surface area contributed by atoms with Gasteiger partial charge in [0.05, 0.1) is 7.11 Å². The fraction of sp³-hybridized carbons (Fsp3) is 0.562. The lowest BCUT2D eigenvalue weighted by atomic mass is 9.94. The molecule has 0 aliphatic heterocycles. The van der Waals surface area contributed by atoms with E-state index in [2.05, 4.69) is 31.3 Å². The second-order valence-electron chi connectivity index (χ2n) is 5.58. The molecule has 0 aromatic heterocycles. The molecule has 1 saturated carbocycles. The first kappa shape index (κ1) is 13.9. The van der Waals surface area contributed by atoms with E-state index < -0.39 is 5.54 Å². The lowest BCUT2D eigenvalue weighted by Crippen LogP contribution is -2.45. The van der Waals surface area contributed by atoms with Crippen LogP contribution in [0.5, 0.6) is 0 Å². The topological polar surface area (TPSA) is 38.3 Å².